The molecule has 2 aromatic carbocycles. The van der Waals surface area contributed by atoms with Crippen molar-refractivity contribution in [3.8, 4) is 5.75 Å². The third kappa shape index (κ3) is 4.93. The van der Waals surface area contributed by atoms with E-state index in [1.54, 1.807) is 6.21 Å². The van der Waals surface area contributed by atoms with Crippen LogP contribution in [0.1, 0.15) is 27.8 Å². The van der Waals surface area contributed by atoms with Gasteiger partial charge in [-0.2, -0.15) is 5.10 Å². The minimum Gasteiger partial charge on any atom is -0.483 e. The van der Waals surface area contributed by atoms with Gasteiger partial charge in [-0.3, -0.25) is 4.79 Å². The first-order valence-corrected chi connectivity index (χ1v) is 8.45. The van der Waals surface area contributed by atoms with Crippen LogP contribution in [0, 0.1) is 27.7 Å². The maximum atomic E-state index is 11.8. The lowest BCUT2D eigenvalue weighted by molar-refractivity contribution is -0.123. The molecule has 1 N–H and O–H groups in total. The van der Waals surface area contributed by atoms with Crippen LogP contribution in [0.5, 0.6) is 5.75 Å². The lowest BCUT2D eigenvalue weighted by Crippen LogP contribution is -2.24. The molecular weight excluding hydrogens is 368 g/mol. The van der Waals surface area contributed by atoms with Gasteiger partial charge >= 0.3 is 0 Å². The molecule has 0 atom stereocenters. The number of benzene rings is 2. The van der Waals surface area contributed by atoms with Gasteiger partial charge < -0.3 is 4.74 Å². The number of nitrogens with one attached hydrogen (secondary N) is 1. The highest BCUT2D eigenvalue weighted by Gasteiger charge is 2.05. The van der Waals surface area contributed by atoms with Crippen molar-refractivity contribution >= 4 is 28.1 Å². The second-order valence-electron chi connectivity index (χ2n) is 5.83. The molecule has 24 heavy (non-hydrogen) atoms. The number of nitrogens with zero attached hydrogens (tertiary/aromatic N) is 1. The lowest BCUT2D eigenvalue weighted by Gasteiger charge is -2.08. The summed E-state index contributed by atoms with van der Waals surface area (Å²) in [6, 6.07) is 9.88. The number of hydrogen-bond donors (Lipinski definition) is 1. The number of carbonyl (C=O) groups is 1. The Kier molecular flexibility index (Phi) is 6.15. The van der Waals surface area contributed by atoms with Crippen LogP contribution >= 0.6 is 15.9 Å². The summed E-state index contributed by atoms with van der Waals surface area (Å²) in [5, 5.41) is 4.03. The van der Waals surface area contributed by atoms with E-state index in [-0.39, 0.29) is 12.5 Å². The fraction of sp³-hybridized carbons (Fsp3) is 0.263. The van der Waals surface area contributed by atoms with E-state index in [4.69, 9.17) is 4.74 Å². The summed E-state index contributed by atoms with van der Waals surface area (Å²) in [7, 11) is 0. The minimum absolute atomic E-state index is 0.0924. The molecular formula is C19H21BrN2O2. The minimum atomic E-state index is -0.304. The molecule has 0 saturated carbocycles. The van der Waals surface area contributed by atoms with Gasteiger partial charge in [0.05, 0.1) is 10.7 Å². The highest BCUT2D eigenvalue weighted by Crippen LogP contribution is 2.25. The highest BCUT2D eigenvalue weighted by molar-refractivity contribution is 9.10. The summed E-state index contributed by atoms with van der Waals surface area (Å²) < 4.78 is 6.31. The van der Waals surface area contributed by atoms with E-state index in [9.17, 15) is 4.79 Å². The predicted molar refractivity (Wildman–Crippen MR) is 101 cm³/mol. The first kappa shape index (κ1) is 18.2. The van der Waals surface area contributed by atoms with E-state index in [1.807, 2.05) is 39.0 Å². The number of hydrazone groups is 1. The summed E-state index contributed by atoms with van der Waals surface area (Å²) in [5.74, 6) is 0.325. The maximum Gasteiger partial charge on any atom is 0.277 e. The molecule has 0 aromatic heterocycles. The normalized spacial score (nSPS) is 10.9. The second-order valence-corrected chi connectivity index (χ2v) is 6.68. The fourth-order valence-electron chi connectivity index (χ4n) is 2.46. The van der Waals surface area contributed by atoms with Crippen LogP contribution in [0.2, 0.25) is 0 Å². The van der Waals surface area contributed by atoms with Gasteiger partial charge in [0.2, 0.25) is 0 Å². The van der Waals surface area contributed by atoms with Crippen molar-refractivity contribution in [3.63, 3.8) is 0 Å². The Hall–Kier alpha value is -2.14. The molecule has 0 bridgehead atoms. The quantitative estimate of drug-likeness (QED) is 0.615. The molecule has 5 heteroatoms. The molecule has 0 spiro atoms. The zero-order valence-corrected chi connectivity index (χ0v) is 15.9. The number of rotatable bonds is 5. The van der Waals surface area contributed by atoms with Crippen LogP contribution in [0.25, 0.3) is 0 Å². The molecule has 0 aliphatic heterocycles. The van der Waals surface area contributed by atoms with Crippen molar-refractivity contribution in [2.24, 2.45) is 5.10 Å². The Morgan fingerprint density at radius 1 is 1.12 bits per heavy atom. The predicted octanol–water partition coefficient (Wildman–Crippen LogP) is 4.21. The van der Waals surface area contributed by atoms with Crippen LogP contribution < -0.4 is 10.2 Å². The van der Waals surface area contributed by atoms with Gasteiger partial charge in [0.25, 0.3) is 5.91 Å². The van der Waals surface area contributed by atoms with Gasteiger partial charge in [-0.15, -0.1) is 0 Å². The maximum absolute atomic E-state index is 11.8. The van der Waals surface area contributed by atoms with Crippen LogP contribution in [0.4, 0.5) is 0 Å². The van der Waals surface area contributed by atoms with E-state index < -0.39 is 0 Å². The number of hydrogen-bond acceptors (Lipinski definition) is 3. The average molecular weight is 389 g/mol. The first-order chi connectivity index (χ1) is 11.4. The summed E-state index contributed by atoms with van der Waals surface area (Å²) >= 11 is 3.42. The van der Waals surface area contributed by atoms with Crippen LogP contribution in [0.3, 0.4) is 0 Å². The van der Waals surface area contributed by atoms with E-state index in [0.29, 0.717) is 5.75 Å². The molecule has 0 unspecified atom stereocenters. The number of carbonyl (C=O) groups excluding carboxylic acids is 1. The standard InChI is InChI=1S/C19H21BrN2O2/c1-12-5-6-18(17(20)9-12)24-11-19(23)22-21-10-16-14(3)7-13(2)8-15(16)4/h5-10H,11H2,1-4H3,(H,22,23)/b21-10+. The number of ether oxygens (including phenoxy) is 1. The highest BCUT2D eigenvalue weighted by atomic mass is 79.9. The summed E-state index contributed by atoms with van der Waals surface area (Å²) in [4.78, 5) is 11.8. The van der Waals surface area contributed by atoms with Gasteiger partial charge in [0, 0.05) is 5.56 Å². The molecule has 0 aliphatic rings. The van der Waals surface area contributed by atoms with Gasteiger partial charge in [-0.1, -0.05) is 23.8 Å². The van der Waals surface area contributed by atoms with E-state index in [2.05, 4.69) is 45.5 Å². The van der Waals surface area contributed by atoms with Crippen LogP contribution in [-0.4, -0.2) is 18.7 Å². The number of amides is 1. The van der Waals surface area contributed by atoms with Crippen molar-refractivity contribution in [1.29, 1.82) is 0 Å². The molecule has 0 aliphatic carbocycles. The molecule has 4 nitrogen and oxygen atoms in total. The van der Waals surface area contributed by atoms with Gasteiger partial charge in [-0.05, 0) is 72.4 Å². The smallest absolute Gasteiger partial charge is 0.277 e. The van der Waals surface area contributed by atoms with Gasteiger partial charge in [0.1, 0.15) is 5.75 Å². The van der Waals surface area contributed by atoms with E-state index in [1.165, 1.54) is 5.56 Å². The largest absolute Gasteiger partial charge is 0.483 e. The van der Waals surface area contributed by atoms with Crippen molar-refractivity contribution < 1.29 is 9.53 Å². The third-order valence-electron chi connectivity index (χ3n) is 3.57. The van der Waals surface area contributed by atoms with Crippen LogP contribution in [0.15, 0.2) is 39.9 Å². The molecule has 1 amide bonds. The average Bonchev–Trinajstić information content (AvgIpc) is 2.49. The molecule has 0 fully saturated rings. The molecule has 0 heterocycles. The summed E-state index contributed by atoms with van der Waals surface area (Å²) in [6.07, 6.45) is 1.67. The van der Waals surface area contributed by atoms with Gasteiger partial charge in [0.15, 0.2) is 6.61 Å². The Morgan fingerprint density at radius 3 is 2.42 bits per heavy atom. The zero-order chi connectivity index (χ0) is 17.7. The molecule has 2 aromatic rings. The SMILES string of the molecule is Cc1cc(C)c(/C=N/NC(=O)COc2ccc(C)cc2Br)c(C)c1. The topological polar surface area (TPSA) is 50.7 Å². The fourth-order valence-corrected chi connectivity index (χ4v) is 3.07. The number of aryl methyl sites for hydroxylation is 4. The summed E-state index contributed by atoms with van der Waals surface area (Å²) in [5.41, 5.74) is 8.10. The number of halogens is 1. The van der Waals surface area contributed by atoms with E-state index >= 15 is 0 Å². The Morgan fingerprint density at radius 2 is 1.79 bits per heavy atom. The molecule has 2 rings (SSSR count). The zero-order valence-electron chi connectivity index (χ0n) is 14.3. The molecule has 0 saturated heterocycles. The molecule has 126 valence electrons. The van der Waals surface area contributed by atoms with Crippen molar-refractivity contribution in [3.05, 3.63) is 62.6 Å². The monoisotopic (exact) mass is 388 g/mol. The Bertz CT molecular complexity index is 762. The second kappa shape index (κ2) is 8.11. The van der Waals surface area contributed by atoms with Gasteiger partial charge in [-0.25, -0.2) is 5.43 Å². The first-order valence-electron chi connectivity index (χ1n) is 7.65. The Labute approximate surface area is 151 Å². The van der Waals surface area contributed by atoms with Crippen molar-refractivity contribution in [2.75, 3.05) is 6.61 Å². The van der Waals surface area contributed by atoms with Crippen LogP contribution in [-0.2, 0) is 4.79 Å². The summed E-state index contributed by atoms with van der Waals surface area (Å²) in [6.45, 7) is 8.02. The molecule has 0 radical (unpaired) electrons. The third-order valence-corrected chi connectivity index (χ3v) is 4.19. The lowest BCUT2D eigenvalue weighted by atomic mass is 10.0. The van der Waals surface area contributed by atoms with E-state index in [0.717, 1.165) is 26.7 Å². The Balaban J connectivity index is 1.91. The van der Waals surface area contributed by atoms with Crippen molar-refractivity contribution in [2.45, 2.75) is 27.7 Å². The van der Waals surface area contributed by atoms with Crippen molar-refractivity contribution in [1.82, 2.24) is 5.43 Å².